The fourth-order valence-corrected chi connectivity index (χ4v) is 4.48. The van der Waals surface area contributed by atoms with E-state index in [1.165, 1.54) is 6.07 Å². The molecule has 4 rings (SSSR count). The summed E-state index contributed by atoms with van der Waals surface area (Å²) in [6.45, 7) is 5.42. The molecule has 0 spiro atoms. The van der Waals surface area contributed by atoms with E-state index in [0.29, 0.717) is 18.5 Å². The second-order valence-corrected chi connectivity index (χ2v) is 7.98. The molecule has 1 aromatic rings. The Kier molecular flexibility index (Phi) is 5.96. The number of likely N-dealkylation sites (tertiary alicyclic amines) is 1. The normalized spacial score (nSPS) is 24.9. The highest BCUT2D eigenvalue weighted by Crippen LogP contribution is 2.30. The molecule has 3 fully saturated rings. The van der Waals surface area contributed by atoms with Crippen LogP contribution in [-0.2, 0) is 15.7 Å². The molecule has 0 saturated carbocycles. The number of nitrogens with zero attached hydrogens (tertiary/aromatic N) is 4. The minimum atomic E-state index is -4.36. The molecule has 160 valence electrons. The van der Waals surface area contributed by atoms with Gasteiger partial charge in [0.15, 0.2) is 0 Å². The molecular weight excluding hydrogens is 385 g/mol. The average Bonchev–Trinajstić information content (AvgIpc) is 3.28. The van der Waals surface area contributed by atoms with Gasteiger partial charge in [0.25, 0.3) is 5.91 Å². The second kappa shape index (κ2) is 8.47. The fourth-order valence-electron chi connectivity index (χ4n) is 4.48. The zero-order chi connectivity index (χ0) is 20.4. The van der Waals surface area contributed by atoms with E-state index < -0.39 is 11.7 Å². The molecule has 0 unspecified atom stereocenters. The molecule has 1 aromatic heterocycles. The average molecular weight is 412 g/mol. The van der Waals surface area contributed by atoms with E-state index in [9.17, 15) is 18.0 Å². The largest absolute Gasteiger partial charge is 0.417 e. The van der Waals surface area contributed by atoms with Gasteiger partial charge in [0.05, 0.1) is 5.56 Å². The number of carbonyl (C=O) groups excluding carboxylic acids is 1. The molecule has 3 aliphatic rings. The summed E-state index contributed by atoms with van der Waals surface area (Å²) in [4.78, 5) is 22.9. The van der Waals surface area contributed by atoms with Crippen molar-refractivity contribution in [3.8, 4) is 0 Å². The Morgan fingerprint density at radius 1 is 1.03 bits per heavy atom. The van der Waals surface area contributed by atoms with Crippen LogP contribution >= 0.6 is 0 Å². The van der Waals surface area contributed by atoms with Crippen molar-refractivity contribution in [2.24, 2.45) is 0 Å². The van der Waals surface area contributed by atoms with Gasteiger partial charge >= 0.3 is 6.18 Å². The molecule has 0 radical (unpaired) electrons. The van der Waals surface area contributed by atoms with Crippen LogP contribution in [0.3, 0.4) is 0 Å². The summed E-state index contributed by atoms with van der Waals surface area (Å²) in [5, 5.41) is 0. The number of carbonyl (C=O) groups is 1. The van der Waals surface area contributed by atoms with Crippen LogP contribution in [0.25, 0.3) is 0 Å². The maximum atomic E-state index is 12.7. The van der Waals surface area contributed by atoms with Gasteiger partial charge in [-0.15, -0.1) is 0 Å². The summed E-state index contributed by atoms with van der Waals surface area (Å²) < 4.78 is 43.6. The number of hydrogen-bond acceptors (Lipinski definition) is 5. The number of pyridine rings is 1. The van der Waals surface area contributed by atoms with Crippen LogP contribution in [0.15, 0.2) is 18.3 Å². The van der Waals surface area contributed by atoms with Gasteiger partial charge in [0.2, 0.25) is 0 Å². The lowest BCUT2D eigenvalue weighted by molar-refractivity contribution is -0.142. The molecule has 0 N–H and O–H groups in total. The lowest BCUT2D eigenvalue weighted by Gasteiger charge is -2.43. The first-order valence-corrected chi connectivity index (χ1v) is 10.3. The molecule has 6 nitrogen and oxygen atoms in total. The fraction of sp³-hybridized carbons (Fsp3) is 0.700. The van der Waals surface area contributed by atoms with Crippen LogP contribution < -0.4 is 4.90 Å². The maximum Gasteiger partial charge on any atom is 0.417 e. The third-order valence-electron chi connectivity index (χ3n) is 6.21. The van der Waals surface area contributed by atoms with E-state index >= 15 is 0 Å². The number of rotatable bonds is 3. The lowest BCUT2D eigenvalue weighted by atomic mass is 10.0. The number of amides is 1. The molecule has 0 aromatic carbocycles. The Labute approximate surface area is 168 Å². The van der Waals surface area contributed by atoms with Crippen molar-refractivity contribution in [1.29, 1.82) is 0 Å². The molecule has 9 heteroatoms. The van der Waals surface area contributed by atoms with Crippen molar-refractivity contribution >= 4 is 11.7 Å². The Hall–Kier alpha value is -1.87. The lowest BCUT2D eigenvalue weighted by Crippen LogP contribution is -2.54. The first-order chi connectivity index (χ1) is 13.9. The second-order valence-electron chi connectivity index (χ2n) is 7.98. The third kappa shape index (κ3) is 4.66. The van der Waals surface area contributed by atoms with Gasteiger partial charge < -0.3 is 14.5 Å². The number of alkyl halides is 3. The SMILES string of the molecule is O=C([C@@H]1CCCO1)N1CCC(N2CCN(c3ccc(C(F)(F)F)cn3)CC2)CC1. The van der Waals surface area contributed by atoms with Gasteiger partial charge in [0.1, 0.15) is 11.9 Å². The summed E-state index contributed by atoms with van der Waals surface area (Å²) in [5.41, 5.74) is -0.718. The number of hydrogen-bond donors (Lipinski definition) is 0. The number of ether oxygens (including phenoxy) is 1. The van der Waals surface area contributed by atoms with Gasteiger partial charge in [-0.1, -0.05) is 0 Å². The van der Waals surface area contributed by atoms with Gasteiger partial charge in [0, 0.05) is 58.1 Å². The van der Waals surface area contributed by atoms with E-state index in [1.54, 1.807) is 0 Å². The predicted octanol–water partition coefficient (Wildman–Crippen LogP) is 2.39. The summed E-state index contributed by atoms with van der Waals surface area (Å²) in [7, 11) is 0. The van der Waals surface area contributed by atoms with Gasteiger partial charge in [-0.05, 0) is 37.8 Å². The van der Waals surface area contributed by atoms with Gasteiger partial charge in [-0.2, -0.15) is 13.2 Å². The number of piperidine rings is 1. The topological polar surface area (TPSA) is 48.9 Å². The molecule has 29 heavy (non-hydrogen) atoms. The minimum Gasteiger partial charge on any atom is -0.368 e. The summed E-state index contributed by atoms with van der Waals surface area (Å²) in [6.07, 6.45) is 0.0103. The van der Waals surface area contributed by atoms with Gasteiger partial charge in [-0.3, -0.25) is 9.69 Å². The molecule has 1 amide bonds. The van der Waals surface area contributed by atoms with Crippen LogP contribution in [0.4, 0.5) is 19.0 Å². The molecule has 4 heterocycles. The van der Waals surface area contributed by atoms with Gasteiger partial charge in [-0.25, -0.2) is 4.98 Å². The zero-order valence-corrected chi connectivity index (χ0v) is 16.4. The predicted molar refractivity (Wildman–Crippen MR) is 102 cm³/mol. The molecule has 3 aliphatic heterocycles. The van der Waals surface area contributed by atoms with Crippen molar-refractivity contribution in [2.75, 3.05) is 50.8 Å². The van der Waals surface area contributed by atoms with Crippen molar-refractivity contribution in [1.82, 2.24) is 14.8 Å². The van der Waals surface area contributed by atoms with E-state index in [1.807, 2.05) is 9.80 Å². The third-order valence-corrected chi connectivity index (χ3v) is 6.21. The van der Waals surface area contributed by atoms with Crippen LogP contribution in [-0.4, -0.2) is 78.7 Å². The van der Waals surface area contributed by atoms with E-state index in [0.717, 1.165) is 77.2 Å². The Bertz CT molecular complexity index is 691. The number of halogens is 3. The van der Waals surface area contributed by atoms with Crippen LogP contribution in [0.1, 0.15) is 31.2 Å². The summed E-state index contributed by atoms with van der Waals surface area (Å²) in [5.74, 6) is 0.730. The highest BCUT2D eigenvalue weighted by Gasteiger charge is 2.34. The Balaban J connectivity index is 1.24. The van der Waals surface area contributed by atoms with Crippen molar-refractivity contribution < 1.29 is 22.7 Å². The van der Waals surface area contributed by atoms with Crippen LogP contribution in [0, 0.1) is 0 Å². The number of piperazine rings is 1. The van der Waals surface area contributed by atoms with Crippen molar-refractivity contribution in [3.63, 3.8) is 0 Å². The molecule has 0 aliphatic carbocycles. The smallest absolute Gasteiger partial charge is 0.368 e. The molecular formula is C20H27F3N4O2. The van der Waals surface area contributed by atoms with E-state index in [4.69, 9.17) is 4.74 Å². The van der Waals surface area contributed by atoms with Crippen molar-refractivity contribution in [2.45, 2.75) is 44.0 Å². The molecule has 3 saturated heterocycles. The minimum absolute atomic E-state index is 0.138. The summed E-state index contributed by atoms with van der Waals surface area (Å²) >= 11 is 0. The highest BCUT2D eigenvalue weighted by atomic mass is 19.4. The zero-order valence-electron chi connectivity index (χ0n) is 16.4. The maximum absolute atomic E-state index is 12.7. The van der Waals surface area contributed by atoms with Crippen molar-refractivity contribution in [3.05, 3.63) is 23.9 Å². The summed E-state index contributed by atoms with van der Waals surface area (Å²) in [6, 6.07) is 3.00. The quantitative estimate of drug-likeness (QED) is 0.763. The van der Waals surface area contributed by atoms with Crippen LogP contribution in [0.2, 0.25) is 0 Å². The van der Waals surface area contributed by atoms with E-state index in [-0.39, 0.29) is 12.0 Å². The Morgan fingerprint density at radius 2 is 1.76 bits per heavy atom. The first-order valence-electron chi connectivity index (χ1n) is 10.3. The molecule has 1 atom stereocenters. The standard InChI is InChI=1S/C20H27F3N4O2/c21-20(22,23)15-3-4-18(24-14-15)26-11-9-25(10-12-26)16-5-7-27(8-6-16)19(28)17-2-1-13-29-17/h3-4,14,16-17H,1-2,5-13H2/t17-/m0/s1. The monoisotopic (exact) mass is 412 g/mol. The Morgan fingerprint density at radius 3 is 2.31 bits per heavy atom. The highest BCUT2D eigenvalue weighted by molar-refractivity contribution is 5.81. The van der Waals surface area contributed by atoms with E-state index in [2.05, 4.69) is 9.88 Å². The number of anilines is 1. The first kappa shape index (κ1) is 20.4. The number of aromatic nitrogens is 1. The van der Waals surface area contributed by atoms with Crippen LogP contribution in [0.5, 0.6) is 0 Å². The molecule has 0 bridgehead atoms.